The van der Waals surface area contributed by atoms with Gasteiger partial charge in [0.1, 0.15) is 113 Å². The molecule has 3 saturated heterocycles. The zero-order valence-corrected chi connectivity index (χ0v) is 52.2. The van der Waals surface area contributed by atoms with Crippen molar-refractivity contribution in [1.82, 2.24) is 31.9 Å². The molecule has 3 aliphatic heterocycles. The van der Waals surface area contributed by atoms with Crippen LogP contribution in [0, 0.1) is 0 Å². The quantitative estimate of drug-likeness (QED) is 0.0454. The standard InChI is InChI=1S/C53H93N9O24/c1-48(2,3)81-42(69)55-20-25-31(64)33(66)28(60-46(73)85-52(13,14)15)39(75-25)78-36-24(59-45(72)84-51(10,11)12)19-23(58-44(71)83-50(7,8)9)30(63)38(36)80-41-35(68)37(27(77-41)22-57-62-54)79-40-29(61-47(74)86-53(16,17)18)34(67)32(65)26(76-40)21-56-43(70)82-49(4,5)6/h23-41,63-68H,19-22H2,1-18H3,(H,55,69)(H,56,70)(H,58,71)(H,59,72)(H,60,73)(H,61,74)/t23-,24?,25?,26?,27+,28?,29?,30?,31+,32?,33?,34?,35-,36+,37?,38?,39+,40?,41-/m0/s1. The van der Waals surface area contributed by atoms with Gasteiger partial charge in [-0.05, 0) is 137 Å². The first-order valence-corrected chi connectivity index (χ1v) is 28.2. The summed E-state index contributed by atoms with van der Waals surface area (Å²) in [6.45, 7) is 26.6. The van der Waals surface area contributed by atoms with Crippen molar-refractivity contribution < 1.29 is 116 Å². The largest absolute Gasteiger partial charge is 0.444 e. The van der Waals surface area contributed by atoms with Crippen molar-refractivity contribution in [2.45, 2.75) is 281 Å². The number of alkyl carbamates (subject to hydrolysis) is 6. The summed E-state index contributed by atoms with van der Waals surface area (Å²) in [5.74, 6) is 0. The van der Waals surface area contributed by atoms with Gasteiger partial charge in [-0.2, -0.15) is 0 Å². The molecule has 4 fully saturated rings. The summed E-state index contributed by atoms with van der Waals surface area (Å²) in [5.41, 5.74) is 3.18. The summed E-state index contributed by atoms with van der Waals surface area (Å²) in [6.07, 6.45) is -34.6. The molecule has 0 spiro atoms. The number of rotatable bonds is 16. The van der Waals surface area contributed by atoms with Crippen LogP contribution in [0.25, 0.3) is 10.4 Å². The lowest BCUT2D eigenvalue weighted by Crippen LogP contribution is -2.70. The van der Waals surface area contributed by atoms with Gasteiger partial charge in [0.15, 0.2) is 18.9 Å². The van der Waals surface area contributed by atoms with E-state index < -0.39 is 213 Å². The third-order valence-electron chi connectivity index (χ3n) is 12.3. The Labute approximate surface area is 499 Å². The van der Waals surface area contributed by atoms with E-state index in [0.717, 1.165) is 0 Å². The van der Waals surface area contributed by atoms with E-state index in [0.29, 0.717) is 0 Å². The number of nitrogens with zero attached hydrogens (tertiary/aromatic N) is 3. The van der Waals surface area contributed by atoms with Crippen molar-refractivity contribution in [1.29, 1.82) is 0 Å². The number of hydrogen-bond acceptors (Lipinski definition) is 25. The molecule has 33 heteroatoms. The molecule has 1 saturated carbocycles. The molecule has 1 aliphatic carbocycles. The fourth-order valence-corrected chi connectivity index (χ4v) is 9.07. The van der Waals surface area contributed by atoms with Crippen LogP contribution in [0.15, 0.2) is 5.11 Å². The lowest BCUT2D eigenvalue weighted by molar-refractivity contribution is -0.311. The third kappa shape index (κ3) is 23.2. The number of azide groups is 1. The maximum atomic E-state index is 13.9. The van der Waals surface area contributed by atoms with Crippen LogP contribution < -0.4 is 31.9 Å². The Morgan fingerprint density at radius 3 is 1.12 bits per heavy atom. The van der Waals surface area contributed by atoms with Crippen molar-refractivity contribution >= 4 is 36.6 Å². The van der Waals surface area contributed by atoms with Gasteiger partial charge in [0.25, 0.3) is 0 Å². The number of ether oxygens (including phenoxy) is 12. The van der Waals surface area contributed by atoms with Crippen LogP contribution in [-0.4, -0.2) is 237 Å². The first kappa shape index (κ1) is 72.9. The van der Waals surface area contributed by atoms with Crippen LogP contribution in [0.3, 0.4) is 0 Å². The average Bonchev–Trinajstić information content (AvgIpc) is 1.36. The molecule has 4 aliphatic rings. The number of carbonyl (C=O) groups is 6. The van der Waals surface area contributed by atoms with E-state index in [1.807, 2.05) is 0 Å². The SMILES string of the molecule is CC(C)(C)OC(=O)NCC1OC(OC2[C@@H](CN=[N+]=[N-])O[C@@H](OC3C(O)[C@@H](NC(=O)OC(C)(C)C)CC(NC(=O)OC(C)(C)C)[C@H]3O[C@H]3OC(CNC(=O)OC(C)(C)C)[C@@H](O)C(O)C3NC(=O)OC(C)(C)C)[C@H]2O)C(NC(=O)OC(C)(C)C)C(O)C1O. The van der Waals surface area contributed by atoms with Crippen LogP contribution in [-0.2, 0) is 56.8 Å². The Morgan fingerprint density at radius 2 is 0.744 bits per heavy atom. The van der Waals surface area contributed by atoms with Crippen molar-refractivity contribution in [3.8, 4) is 0 Å². The van der Waals surface area contributed by atoms with Gasteiger partial charge in [-0.1, -0.05) is 5.11 Å². The summed E-state index contributed by atoms with van der Waals surface area (Å²) in [6, 6.07) is -6.47. The maximum Gasteiger partial charge on any atom is 0.408 e. The minimum Gasteiger partial charge on any atom is -0.444 e. The van der Waals surface area contributed by atoms with Gasteiger partial charge in [0.05, 0.1) is 24.7 Å². The monoisotopic (exact) mass is 1240 g/mol. The number of hydrogen-bond donors (Lipinski definition) is 12. The number of aliphatic hydroxyl groups is 6. The number of carbonyl (C=O) groups excluding carboxylic acids is 6. The minimum atomic E-state index is -2.08. The van der Waals surface area contributed by atoms with E-state index in [1.54, 1.807) is 125 Å². The van der Waals surface area contributed by atoms with Gasteiger partial charge in [-0.25, -0.2) is 28.8 Å². The summed E-state index contributed by atoms with van der Waals surface area (Å²) >= 11 is 0. The summed E-state index contributed by atoms with van der Waals surface area (Å²) < 4.78 is 70.7. The molecule has 0 radical (unpaired) electrons. The highest BCUT2D eigenvalue weighted by Gasteiger charge is 2.57. The smallest absolute Gasteiger partial charge is 0.408 e. The molecule has 3 heterocycles. The van der Waals surface area contributed by atoms with E-state index in [9.17, 15) is 64.9 Å². The molecule has 494 valence electrons. The molecular weight excluding hydrogens is 1150 g/mol. The van der Waals surface area contributed by atoms with E-state index >= 15 is 0 Å². The van der Waals surface area contributed by atoms with Crippen LogP contribution in [0.4, 0.5) is 28.8 Å². The third-order valence-corrected chi connectivity index (χ3v) is 12.3. The second-order valence-corrected chi connectivity index (χ2v) is 27.1. The molecule has 86 heavy (non-hydrogen) atoms. The lowest BCUT2D eigenvalue weighted by Gasteiger charge is -2.49. The Kier molecular flexibility index (Phi) is 24.7. The van der Waals surface area contributed by atoms with E-state index in [2.05, 4.69) is 41.9 Å². The average molecular weight is 1240 g/mol. The second kappa shape index (κ2) is 29.2. The molecule has 0 aromatic carbocycles. The normalized spacial score (nSPS) is 32.7. The van der Waals surface area contributed by atoms with Crippen molar-refractivity contribution in [2.75, 3.05) is 19.6 Å². The molecule has 33 nitrogen and oxygen atoms in total. The summed E-state index contributed by atoms with van der Waals surface area (Å²) in [7, 11) is 0. The molecule has 6 amide bonds. The highest BCUT2D eigenvalue weighted by Crippen LogP contribution is 2.37. The van der Waals surface area contributed by atoms with Crippen molar-refractivity contribution in [3.05, 3.63) is 10.4 Å². The van der Waals surface area contributed by atoms with Gasteiger partial charge in [-0.15, -0.1) is 0 Å². The molecule has 0 aromatic heterocycles. The highest BCUT2D eigenvalue weighted by molar-refractivity contribution is 5.70. The second-order valence-electron chi connectivity index (χ2n) is 27.1. The van der Waals surface area contributed by atoms with Gasteiger partial charge in [0, 0.05) is 18.0 Å². The first-order valence-electron chi connectivity index (χ1n) is 28.2. The van der Waals surface area contributed by atoms with Gasteiger partial charge in [0.2, 0.25) is 0 Å². The van der Waals surface area contributed by atoms with E-state index in [4.69, 9.17) is 56.8 Å². The fourth-order valence-electron chi connectivity index (χ4n) is 9.07. The topological polar surface area (TPSA) is 456 Å². The van der Waals surface area contributed by atoms with Crippen molar-refractivity contribution in [3.63, 3.8) is 0 Å². The Bertz CT molecular complexity index is 2340. The lowest BCUT2D eigenvalue weighted by atomic mass is 9.83. The summed E-state index contributed by atoms with van der Waals surface area (Å²) in [5, 5.41) is 89.8. The predicted octanol–water partition coefficient (Wildman–Crippen LogP) is 1.82. The van der Waals surface area contributed by atoms with Gasteiger partial charge < -0.3 is 119 Å². The highest BCUT2D eigenvalue weighted by atomic mass is 16.8. The Morgan fingerprint density at radius 1 is 0.419 bits per heavy atom. The number of nitrogens with one attached hydrogen (secondary N) is 6. The van der Waals surface area contributed by atoms with E-state index in [1.165, 1.54) is 0 Å². The number of amides is 6. The molecule has 19 atom stereocenters. The first-order chi connectivity index (χ1) is 39.2. The molecule has 12 unspecified atom stereocenters. The van der Waals surface area contributed by atoms with Crippen LogP contribution in [0.5, 0.6) is 0 Å². The zero-order valence-electron chi connectivity index (χ0n) is 52.2. The van der Waals surface area contributed by atoms with Gasteiger partial charge >= 0.3 is 36.6 Å². The fraction of sp³-hybridized carbons (Fsp3) is 0.887. The number of aliphatic hydroxyl groups excluding tert-OH is 6. The van der Waals surface area contributed by atoms with Crippen LogP contribution in [0.2, 0.25) is 0 Å². The minimum absolute atomic E-state index is 0.446. The molecule has 0 aromatic rings. The van der Waals surface area contributed by atoms with Crippen LogP contribution >= 0.6 is 0 Å². The molecular formula is C53H93N9O24. The van der Waals surface area contributed by atoms with E-state index in [-0.39, 0.29) is 0 Å². The zero-order chi connectivity index (χ0) is 65.4. The predicted molar refractivity (Wildman–Crippen MR) is 296 cm³/mol. The Balaban J connectivity index is 1.89. The molecule has 12 N–H and O–H groups in total. The van der Waals surface area contributed by atoms with Gasteiger partial charge in [-0.3, -0.25) is 0 Å². The summed E-state index contributed by atoms with van der Waals surface area (Å²) in [4.78, 5) is 82.6. The van der Waals surface area contributed by atoms with Crippen LogP contribution in [0.1, 0.15) is 131 Å². The van der Waals surface area contributed by atoms with Crippen molar-refractivity contribution in [2.24, 2.45) is 5.11 Å². The Hall–Kier alpha value is -5.55. The maximum absolute atomic E-state index is 13.9. The molecule has 0 bridgehead atoms. The molecule has 4 rings (SSSR count).